The lowest BCUT2D eigenvalue weighted by atomic mass is 10.1. The molecule has 2 aliphatic heterocycles. The van der Waals surface area contributed by atoms with Gasteiger partial charge in [0.2, 0.25) is 5.82 Å². The fourth-order valence-corrected chi connectivity index (χ4v) is 4.07. The van der Waals surface area contributed by atoms with Crippen molar-refractivity contribution in [3.05, 3.63) is 24.2 Å². The third-order valence-electron chi connectivity index (χ3n) is 5.45. The van der Waals surface area contributed by atoms with Crippen LogP contribution in [0.3, 0.4) is 0 Å². The standard InChI is InChI=1S/C19H29N7O/c1-20-19(21-12-17-22-18(24-23-17)16-6-5-11-27-16)26-10-7-15(14-26)13-25-8-3-2-4-9-25/h5-6,11,15H,2-4,7-10,12-14H2,1H3,(H,20,21)(H,22,23,24). The molecule has 0 radical (unpaired) electrons. The SMILES string of the molecule is CN=C(NCc1nc(-c2ccco2)n[nH]1)N1CCC(CN2CCCCC2)C1. The van der Waals surface area contributed by atoms with Crippen LogP contribution in [0.2, 0.25) is 0 Å². The lowest BCUT2D eigenvalue weighted by molar-refractivity contribution is 0.198. The molecule has 2 fully saturated rings. The van der Waals surface area contributed by atoms with E-state index in [4.69, 9.17) is 4.42 Å². The molecule has 2 aliphatic rings. The van der Waals surface area contributed by atoms with Gasteiger partial charge in [-0.15, -0.1) is 5.10 Å². The number of rotatable bonds is 5. The number of piperidine rings is 1. The zero-order chi connectivity index (χ0) is 18.5. The second-order valence-corrected chi connectivity index (χ2v) is 7.45. The fourth-order valence-electron chi connectivity index (χ4n) is 4.07. The summed E-state index contributed by atoms with van der Waals surface area (Å²) in [6.45, 7) is 6.46. The Kier molecular flexibility index (Phi) is 5.72. The summed E-state index contributed by atoms with van der Waals surface area (Å²) in [5.41, 5.74) is 0. The highest BCUT2D eigenvalue weighted by atomic mass is 16.3. The van der Waals surface area contributed by atoms with E-state index >= 15 is 0 Å². The van der Waals surface area contributed by atoms with Gasteiger partial charge in [0.25, 0.3) is 0 Å². The number of guanidine groups is 1. The van der Waals surface area contributed by atoms with Gasteiger partial charge in [-0.3, -0.25) is 10.1 Å². The minimum atomic E-state index is 0.563. The Balaban J connectivity index is 1.27. The zero-order valence-corrected chi connectivity index (χ0v) is 16.0. The van der Waals surface area contributed by atoms with Crippen molar-refractivity contribution in [2.24, 2.45) is 10.9 Å². The summed E-state index contributed by atoms with van der Waals surface area (Å²) in [5.74, 6) is 3.69. The van der Waals surface area contributed by atoms with Gasteiger partial charge in [0.15, 0.2) is 11.7 Å². The summed E-state index contributed by atoms with van der Waals surface area (Å²) in [4.78, 5) is 13.9. The molecule has 4 rings (SSSR count). The zero-order valence-electron chi connectivity index (χ0n) is 16.0. The van der Waals surface area contributed by atoms with E-state index in [2.05, 4.69) is 35.3 Å². The third-order valence-corrected chi connectivity index (χ3v) is 5.45. The van der Waals surface area contributed by atoms with Gasteiger partial charge in [-0.05, 0) is 50.4 Å². The van der Waals surface area contributed by atoms with E-state index in [0.29, 0.717) is 18.1 Å². The number of aliphatic imine (C=N–C) groups is 1. The monoisotopic (exact) mass is 371 g/mol. The molecular formula is C19H29N7O. The maximum atomic E-state index is 5.33. The Labute approximate surface area is 160 Å². The van der Waals surface area contributed by atoms with Crippen LogP contribution >= 0.6 is 0 Å². The Morgan fingerprint density at radius 3 is 3.00 bits per heavy atom. The van der Waals surface area contributed by atoms with Crippen LogP contribution in [-0.2, 0) is 6.54 Å². The number of likely N-dealkylation sites (tertiary alicyclic amines) is 2. The van der Waals surface area contributed by atoms with E-state index in [0.717, 1.165) is 30.8 Å². The first kappa shape index (κ1) is 18.0. The molecule has 0 amide bonds. The van der Waals surface area contributed by atoms with Gasteiger partial charge in [-0.25, -0.2) is 4.98 Å². The number of aromatic amines is 1. The quantitative estimate of drug-likeness (QED) is 0.617. The van der Waals surface area contributed by atoms with Gasteiger partial charge in [0.05, 0.1) is 12.8 Å². The van der Waals surface area contributed by atoms with Crippen LogP contribution in [0, 0.1) is 5.92 Å². The molecule has 8 heteroatoms. The minimum absolute atomic E-state index is 0.563. The highest BCUT2D eigenvalue weighted by Crippen LogP contribution is 2.20. The number of nitrogens with zero attached hydrogens (tertiary/aromatic N) is 5. The molecule has 27 heavy (non-hydrogen) atoms. The van der Waals surface area contributed by atoms with E-state index in [1.54, 1.807) is 6.26 Å². The fraction of sp³-hybridized carbons (Fsp3) is 0.632. The maximum Gasteiger partial charge on any atom is 0.216 e. The summed E-state index contributed by atoms with van der Waals surface area (Å²) in [6.07, 6.45) is 6.97. The molecule has 8 nitrogen and oxygen atoms in total. The maximum absolute atomic E-state index is 5.33. The van der Waals surface area contributed by atoms with Gasteiger partial charge in [0, 0.05) is 26.7 Å². The summed E-state index contributed by atoms with van der Waals surface area (Å²) in [7, 11) is 1.84. The van der Waals surface area contributed by atoms with Crippen molar-refractivity contribution in [3.63, 3.8) is 0 Å². The summed E-state index contributed by atoms with van der Waals surface area (Å²) in [6, 6.07) is 3.69. The molecule has 1 atom stereocenters. The van der Waals surface area contributed by atoms with Crippen molar-refractivity contribution in [2.75, 3.05) is 39.8 Å². The van der Waals surface area contributed by atoms with Gasteiger partial charge in [0.1, 0.15) is 5.82 Å². The van der Waals surface area contributed by atoms with Crippen molar-refractivity contribution in [1.29, 1.82) is 0 Å². The van der Waals surface area contributed by atoms with E-state index in [-0.39, 0.29) is 0 Å². The normalized spacial score (nSPS) is 21.7. The van der Waals surface area contributed by atoms with Gasteiger partial charge >= 0.3 is 0 Å². The predicted octanol–water partition coefficient (Wildman–Crippen LogP) is 1.95. The largest absolute Gasteiger partial charge is 0.461 e. The topological polar surface area (TPSA) is 85.6 Å². The second kappa shape index (κ2) is 8.56. The van der Waals surface area contributed by atoms with Crippen molar-refractivity contribution < 1.29 is 4.42 Å². The van der Waals surface area contributed by atoms with Gasteiger partial charge in [-0.1, -0.05) is 6.42 Å². The minimum Gasteiger partial charge on any atom is -0.461 e. The second-order valence-electron chi connectivity index (χ2n) is 7.45. The smallest absolute Gasteiger partial charge is 0.216 e. The number of furan rings is 1. The van der Waals surface area contributed by atoms with Crippen LogP contribution < -0.4 is 5.32 Å². The number of H-pyrrole nitrogens is 1. The lowest BCUT2D eigenvalue weighted by Gasteiger charge is -2.29. The molecule has 2 aromatic heterocycles. The molecular weight excluding hydrogens is 342 g/mol. The van der Waals surface area contributed by atoms with Crippen LogP contribution in [0.15, 0.2) is 27.8 Å². The molecule has 0 spiro atoms. The molecule has 0 saturated carbocycles. The van der Waals surface area contributed by atoms with Gasteiger partial charge < -0.3 is 19.5 Å². The molecule has 2 N–H and O–H groups in total. The first-order chi connectivity index (χ1) is 13.3. The lowest BCUT2D eigenvalue weighted by Crippen LogP contribution is -2.41. The summed E-state index contributed by atoms with van der Waals surface area (Å²) < 4.78 is 5.33. The Morgan fingerprint density at radius 1 is 1.33 bits per heavy atom. The molecule has 0 aromatic carbocycles. The van der Waals surface area contributed by atoms with Crippen molar-refractivity contribution in [1.82, 2.24) is 30.3 Å². The van der Waals surface area contributed by atoms with E-state index in [9.17, 15) is 0 Å². The van der Waals surface area contributed by atoms with Gasteiger partial charge in [-0.2, -0.15) is 0 Å². The predicted molar refractivity (Wildman–Crippen MR) is 104 cm³/mol. The van der Waals surface area contributed by atoms with Crippen LogP contribution in [0.25, 0.3) is 11.6 Å². The molecule has 146 valence electrons. The number of hydrogen-bond acceptors (Lipinski definition) is 5. The molecule has 4 heterocycles. The Bertz CT molecular complexity index is 733. The van der Waals surface area contributed by atoms with Crippen molar-refractivity contribution in [2.45, 2.75) is 32.2 Å². The number of nitrogens with one attached hydrogen (secondary N) is 2. The van der Waals surface area contributed by atoms with Crippen LogP contribution in [0.5, 0.6) is 0 Å². The molecule has 0 bridgehead atoms. The number of aromatic nitrogens is 3. The molecule has 1 unspecified atom stereocenters. The molecule has 2 saturated heterocycles. The highest BCUT2D eigenvalue weighted by Gasteiger charge is 2.27. The summed E-state index contributed by atoms with van der Waals surface area (Å²) in [5, 5.41) is 10.6. The Hall–Kier alpha value is -2.35. The first-order valence-corrected chi connectivity index (χ1v) is 9.95. The van der Waals surface area contributed by atoms with Crippen LogP contribution in [0.4, 0.5) is 0 Å². The highest BCUT2D eigenvalue weighted by molar-refractivity contribution is 5.80. The van der Waals surface area contributed by atoms with Crippen molar-refractivity contribution in [3.8, 4) is 11.6 Å². The first-order valence-electron chi connectivity index (χ1n) is 9.95. The van der Waals surface area contributed by atoms with E-state index in [1.165, 1.54) is 45.3 Å². The van der Waals surface area contributed by atoms with E-state index < -0.39 is 0 Å². The molecule has 0 aliphatic carbocycles. The molecule has 2 aromatic rings. The van der Waals surface area contributed by atoms with Crippen LogP contribution in [-0.4, -0.2) is 70.7 Å². The number of hydrogen-bond donors (Lipinski definition) is 2. The Morgan fingerprint density at radius 2 is 2.22 bits per heavy atom. The average molecular weight is 371 g/mol. The van der Waals surface area contributed by atoms with Crippen molar-refractivity contribution >= 4 is 5.96 Å². The summed E-state index contributed by atoms with van der Waals surface area (Å²) >= 11 is 0. The average Bonchev–Trinajstić information content (AvgIpc) is 3.45. The third kappa shape index (κ3) is 4.50. The van der Waals surface area contributed by atoms with Crippen LogP contribution in [0.1, 0.15) is 31.5 Å². The van der Waals surface area contributed by atoms with E-state index in [1.807, 2.05) is 19.2 Å².